The molecule has 1 radical (unpaired) electrons. The van der Waals surface area contributed by atoms with E-state index in [9.17, 15) is 0 Å². The largest absolute Gasteiger partial charge is 0.0654 e. The second-order valence-corrected chi connectivity index (χ2v) is 4.26. The Kier molecular flexibility index (Phi) is 5.45. The molecule has 0 aromatic heterocycles. The maximum Gasteiger partial charge on any atom is -0.0235 e. The predicted octanol–water partition coefficient (Wildman–Crippen LogP) is 4.55. The first-order valence-electron chi connectivity index (χ1n) is 6.22. The molecular formula is C15H23. The smallest absolute Gasteiger partial charge is 0.0235 e. The van der Waals surface area contributed by atoms with Crippen LogP contribution >= 0.6 is 0 Å². The minimum Gasteiger partial charge on any atom is -0.0654 e. The first-order chi connectivity index (χ1) is 7.29. The van der Waals surface area contributed by atoms with Gasteiger partial charge in [-0.25, -0.2) is 0 Å². The van der Waals surface area contributed by atoms with Crippen LogP contribution in [0.3, 0.4) is 0 Å². The first kappa shape index (κ1) is 12.3. The van der Waals surface area contributed by atoms with Crippen molar-refractivity contribution in [2.75, 3.05) is 0 Å². The molecule has 83 valence electrons. The van der Waals surface area contributed by atoms with Gasteiger partial charge in [0.05, 0.1) is 0 Å². The highest BCUT2D eigenvalue weighted by Crippen LogP contribution is 2.18. The average Bonchev–Trinajstić information content (AvgIpc) is 2.25. The fourth-order valence-electron chi connectivity index (χ4n) is 1.96. The molecule has 0 nitrogen and oxygen atoms in total. The van der Waals surface area contributed by atoms with Gasteiger partial charge in [-0.05, 0) is 49.3 Å². The summed E-state index contributed by atoms with van der Waals surface area (Å²) in [6, 6.07) is 6.55. The molecule has 15 heavy (non-hydrogen) atoms. The van der Waals surface area contributed by atoms with Gasteiger partial charge in [-0.3, -0.25) is 0 Å². The van der Waals surface area contributed by atoms with Crippen LogP contribution in [0.15, 0.2) is 18.2 Å². The molecule has 0 fully saturated rings. The molecule has 0 saturated carbocycles. The molecule has 0 atom stereocenters. The van der Waals surface area contributed by atoms with Gasteiger partial charge in [0.1, 0.15) is 0 Å². The molecule has 0 heterocycles. The molecule has 1 rings (SSSR count). The Balaban J connectivity index is 2.77. The van der Waals surface area contributed by atoms with Crippen molar-refractivity contribution in [3.63, 3.8) is 0 Å². The Morgan fingerprint density at radius 3 is 2.33 bits per heavy atom. The zero-order chi connectivity index (χ0) is 11.1. The zero-order valence-corrected chi connectivity index (χ0v) is 10.2. The van der Waals surface area contributed by atoms with E-state index in [2.05, 4.69) is 39.0 Å². The van der Waals surface area contributed by atoms with Crippen LogP contribution in [-0.4, -0.2) is 0 Å². The highest BCUT2D eigenvalue weighted by atomic mass is 14.1. The van der Waals surface area contributed by atoms with Crippen molar-refractivity contribution >= 4 is 0 Å². The second-order valence-electron chi connectivity index (χ2n) is 4.26. The molecule has 0 saturated heterocycles. The van der Waals surface area contributed by atoms with Gasteiger partial charge in [0, 0.05) is 0 Å². The van der Waals surface area contributed by atoms with Crippen molar-refractivity contribution in [1.82, 2.24) is 0 Å². The lowest BCUT2D eigenvalue weighted by molar-refractivity contribution is 0.756. The van der Waals surface area contributed by atoms with E-state index in [4.69, 9.17) is 0 Å². The van der Waals surface area contributed by atoms with Crippen LogP contribution in [0.5, 0.6) is 0 Å². The zero-order valence-electron chi connectivity index (χ0n) is 10.2. The van der Waals surface area contributed by atoms with Crippen LogP contribution < -0.4 is 0 Å². The Labute approximate surface area is 94.7 Å². The monoisotopic (exact) mass is 203 g/mol. The molecule has 1 aromatic carbocycles. The van der Waals surface area contributed by atoms with Crippen LogP contribution in [0, 0.1) is 6.92 Å². The lowest BCUT2D eigenvalue weighted by atomic mass is 9.94. The maximum absolute atomic E-state index is 4.14. The van der Waals surface area contributed by atoms with Crippen molar-refractivity contribution in [2.45, 2.75) is 52.4 Å². The van der Waals surface area contributed by atoms with Gasteiger partial charge >= 0.3 is 0 Å². The fourth-order valence-corrected chi connectivity index (χ4v) is 1.96. The van der Waals surface area contributed by atoms with E-state index < -0.39 is 0 Å². The summed E-state index contributed by atoms with van der Waals surface area (Å²) in [5.74, 6) is 0. The molecule has 0 bridgehead atoms. The summed E-state index contributed by atoms with van der Waals surface area (Å²) in [5, 5.41) is 0. The summed E-state index contributed by atoms with van der Waals surface area (Å²) in [7, 11) is 0. The van der Waals surface area contributed by atoms with E-state index in [0.29, 0.717) is 0 Å². The molecule has 0 N–H and O–H groups in total. The van der Waals surface area contributed by atoms with Gasteiger partial charge in [0.15, 0.2) is 0 Å². The van der Waals surface area contributed by atoms with Gasteiger partial charge in [-0.2, -0.15) is 0 Å². The lowest BCUT2D eigenvalue weighted by Gasteiger charge is -2.11. The minimum atomic E-state index is 1.20. The van der Waals surface area contributed by atoms with Crippen LogP contribution in [0.25, 0.3) is 0 Å². The molecule has 0 aliphatic heterocycles. The van der Waals surface area contributed by atoms with Crippen LogP contribution in [0.2, 0.25) is 0 Å². The van der Waals surface area contributed by atoms with Crippen LogP contribution in [0.4, 0.5) is 0 Å². The maximum atomic E-state index is 4.14. The van der Waals surface area contributed by atoms with E-state index in [1.54, 1.807) is 0 Å². The number of aryl methyl sites for hydroxylation is 1. The highest BCUT2D eigenvalue weighted by molar-refractivity contribution is 5.37. The van der Waals surface area contributed by atoms with Crippen molar-refractivity contribution in [2.24, 2.45) is 0 Å². The van der Waals surface area contributed by atoms with Crippen molar-refractivity contribution in [1.29, 1.82) is 0 Å². The third-order valence-electron chi connectivity index (χ3n) is 2.95. The van der Waals surface area contributed by atoms with Gasteiger partial charge in [0.2, 0.25) is 0 Å². The Morgan fingerprint density at radius 1 is 1.00 bits per heavy atom. The van der Waals surface area contributed by atoms with E-state index in [1.165, 1.54) is 55.2 Å². The van der Waals surface area contributed by atoms with Gasteiger partial charge < -0.3 is 0 Å². The lowest BCUT2D eigenvalue weighted by Crippen LogP contribution is -1.97. The summed E-state index contributed by atoms with van der Waals surface area (Å²) in [4.78, 5) is 0. The van der Waals surface area contributed by atoms with Crippen LogP contribution in [0.1, 0.15) is 56.2 Å². The summed E-state index contributed by atoms with van der Waals surface area (Å²) >= 11 is 0. The topological polar surface area (TPSA) is 0 Å². The van der Waals surface area contributed by atoms with Crippen molar-refractivity contribution in [3.8, 4) is 0 Å². The number of unbranched alkanes of at least 4 members (excludes halogenated alkanes) is 2. The van der Waals surface area contributed by atoms with Gasteiger partial charge in [-0.15, -0.1) is 0 Å². The summed E-state index contributed by atoms with van der Waals surface area (Å²) in [5.41, 5.74) is 4.27. The quantitative estimate of drug-likeness (QED) is 0.636. The molecule has 0 spiro atoms. The van der Waals surface area contributed by atoms with Crippen LogP contribution in [-0.2, 0) is 12.8 Å². The third kappa shape index (κ3) is 3.70. The normalized spacial score (nSPS) is 10.6. The highest BCUT2D eigenvalue weighted by Gasteiger charge is 2.04. The fraction of sp³-hybridized carbons (Fsp3) is 0.533. The standard InChI is InChI=1S/C15H23/c1-4-6-10-14-11-8-9-13(3)15(14)12-7-5-2/h8-9,11H,3-7,10,12H2,1-2H3. The molecule has 0 aliphatic rings. The van der Waals surface area contributed by atoms with E-state index >= 15 is 0 Å². The average molecular weight is 203 g/mol. The Hall–Kier alpha value is -0.780. The van der Waals surface area contributed by atoms with E-state index in [0.717, 1.165) is 0 Å². The summed E-state index contributed by atoms with van der Waals surface area (Å²) in [6.07, 6.45) is 7.54. The Bertz CT molecular complexity index is 286. The SMILES string of the molecule is [CH2]c1cccc(CCCC)c1CCCC. The number of hydrogen-bond donors (Lipinski definition) is 0. The van der Waals surface area contributed by atoms with Gasteiger partial charge in [-0.1, -0.05) is 44.9 Å². The Morgan fingerprint density at radius 2 is 1.67 bits per heavy atom. The molecule has 0 aliphatic carbocycles. The molecule has 1 aromatic rings. The number of hydrogen-bond acceptors (Lipinski definition) is 0. The van der Waals surface area contributed by atoms with E-state index in [1.807, 2.05) is 0 Å². The van der Waals surface area contributed by atoms with Gasteiger partial charge in [0.25, 0.3) is 0 Å². The minimum absolute atomic E-state index is 1.20. The number of benzene rings is 1. The van der Waals surface area contributed by atoms with Crippen molar-refractivity contribution in [3.05, 3.63) is 41.8 Å². The number of rotatable bonds is 6. The van der Waals surface area contributed by atoms with Crippen molar-refractivity contribution < 1.29 is 0 Å². The molecule has 0 amide bonds. The summed E-state index contributed by atoms with van der Waals surface area (Å²) < 4.78 is 0. The first-order valence-corrected chi connectivity index (χ1v) is 6.22. The summed E-state index contributed by atoms with van der Waals surface area (Å²) in [6.45, 7) is 8.64. The molecule has 0 heteroatoms. The molecular weight excluding hydrogens is 180 g/mol. The van der Waals surface area contributed by atoms with E-state index in [-0.39, 0.29) is 0 Å². The molecule has 0 unspecified atom stereocenters. The second kappa shape index (κ2) is 6.66. The third-order valence-corrected chi connectivity index (χ3v) is 2.95. The predicted molar refractivity (Wildman–Crippen MR) is 68.1 cm³/mol.